The number of sulfone groups is 1. The molecule has 0 spiro atoms. The van der Waals surface area contributed by atoms with Gasteiger partial charge in [0.05, 0.1) is 10.6 Å². The van der Waals surface area contributed by atoms with Crippen LogP contribution in [-0.4, -0.2) is 29.2 Å². The van der Waals surface area contributed by atoms with Crippen LogP contribution in [-0.2, 0) is 9.84 Å². The molecule has 5 nitrogen and oxygen atoms in total. The van der Waals surface area contributed by atoms with Gasteiger partial charge in [-0.05, 0) is 60.7 Å². The van der Waals surface area contributed by atoms with Crippen molar-refractivity contribution in [2.24, 2.45) is 0 Å². The molecule has 0 atom stereocenters. The number of benzene rings is 2. The summed E-state index contributed by atoms with van der Waals surface area (Å²) in [6.45, 7) is 0. The van der Waals surface area contributed by atoms with E-state index in [4.69, 9.17) is 16.6 Å². The number of nitrogens with zero attached hydrogens (tertiary/aromatic N) is 3. The molecule has 0 bridgehead atoms. The normalized spacial score (nSPS) is 11.5. The Bertz CT molecular complexity index is 1220. The number of aromatic nitrogens is 3. The van der Waals surface area contributed by atoms with Gasteiger partial charge in [0.15, 0.2) is 9.84 Å². The van der Waals surface area contributed by atoms with Crippen LogP contribution >= 0.6 is 11.6 Å². The van der Waals surface area contributed by atoms with Crippen LogP contribution in [0.3, 0.4) is 0 Å². The smallest absolute Gasteiger partial charge is 0.175 e. The van der Waals surface area contributed by atoms with Crippen molar-refractivity contribution in [3.05, 3.63) is 84.3 Å². The van der Waals surface area contributed by atoms with Crippen LogP contribution in [0.1, 0.15) is 0 Å². The fraction of sp³-hybridized carbons (Fsp3) is 0.0476. The molecule has 0 N–H and O–H groups in total. The minimum Gasteiger partial charge on any atom is -0.299 e. The van der Waals surface area contributed by atoms with Crippen LogP contribution in [0, 0.1) is 0 Å². The van der Waals surface area contributed by atoms with E-state index in [1.807, 2.05) is 47.2 Å². The van der Waals surface area contributed by atoms with Crippen LogP contribution in [0.4, 0.5) is 0 Å². The van der Waals surface area contributed by atoms with Crippen LogP contribution < -0.4 is 0 Å². The van der Waals surface area contributed by atoms with Crippen LogP contribution in [0.5, 0.6) is 0 Å². The number of hydrogen-bond acceptors (Lipinski definition) is 4. The van der Waals surface area contributed by atoms with Crippen molar-refractivity contribution >= 4 is 21.4 Å². The lowest BCUT2D eigenvalue weighted by atomic mass is 10.2. The predicted octanol–water partition coefficient (Wildman–Crippen LogP) is 4.66. The van der Waals surface area contributed by atoms with Crippen molar-refractivity contribution in [3.63, 3.8) is 0 Å². The average molecular weight is 410 g/mol. The van der Waals surface area contributed by atoms with E-state index in [-0.39, 0.29) is 4.90 Å². The van der Waals surface area contributed by atoms with Crippen LogP contribution in [0.2, 0.25) is 5.02 Å². The maximum atomic E-state index is 11.8. The van der Waals surface area contributed by atoms with Crippen molar-refractivity contribution in [1.82, 2.24) is 14.5 Å². The van der Waals surface area contributed by atoms with Crippen molar-refractivity contribution in [3.8, 4) is 28.3 Å². The number of halogens is 1. The minimum absolute atomic E-state index is 0.277. The third-order valence-electron chi connectivity index (χ3n) is 4.33. The van der Waals surface area contributed by atoms with Crippen molar-refractivity contribution in [2.75, 3.05) is 6.26 Å². The zero-order chi connectivity index (χ0) is 19.7. The maximum Gasteiger partial charge on any atom is 0.175 e. The predicted molar refractivity (Wildman–Crippen MR) is 110 cm³/mol. The second-order valence-electron chi connectivity index (χ2n) is 6.33. The van der Waals surface area contributed by atoms with Gasteiger partial charge in [-0.1, -0.05) is 11.6 Å². The SMILES string of the molecule is CS(=O)(=O)c1ccc(-n2cc(-c3ccncc3)nc2-c2ccc(Cl)cc2)cc1. The van der Waals surface area contributed by atoms with Gasteiger partial charge in [-0.3, -0.25) is 9.55 Å². The highest BCUT2D eigenvalue weighted by Crippen LogP contribution is 2.29. The van der Waals surface area contributed by atoms with Gasteiger partial charge in [0, 0.05) is 46.7 Å². The summed E-state index contributed by atoms with van der Waals surface area (Å²) in [5.74, 6) is 0.732. The third-order valence-corrected chi connectivity index (χ3v) is 5.71. The standard InChI is InChI=1S/C21H16ClN3O2S/c1-28(26,27)19-8-6-18(7-9-19)25-14-20(15-10-12-23-13-11-15)24-21(25)16-2-4-17(22)5-3-16/h2-14H,1H3. The van der Waals surface area contributed by atoms with E-state index in [2.05, 4.69) is 4.98 Å². The Kier molecular flexibility index (Phi) is 4.75. The molecule has 0 saturated heterocycles. The fourth-order valence-electron chi connectivity index (χ4n) is 2.90. The molecule has 4 rings (SSSR count). The van der Waals surface area contributed by atoms with E-state index < -0.39 is 9.84 Å². The second kappa shape index (κ2) is 7.22. The van der Waals surface area contributed by atoms with E-state index in [9.17, 15) is 8.42 Å². The molecule has 2 aromatic carbocycles. The topological polar surface area (TPSA) is 64.8 Å². The summed E-state index contributed by atoms with van der Waals surface area (Å²) in [5, 5.41) is 0.647. The quantitative estimate of drug-likeness (QED) is 0.491. The van der Waals surface area contributed by atoms with Gasteiger partial charge in [0.2, 0.25) is 0 Å². The Labute approximate surface area is 168 Å². The maximum absolute atomic E-state index is 11.8. The van der Waals surface area contributed by atoms with Crippen LogP contribution in [0.15, 0.2) is 84.1 Å². The molecule has 0 saturated carbocycles. The summed E-state index contributed by atoms with van der Waals surface area (Å²) in [6, 6.07) is 18.0. The molecule has 0 amide bonds. The highest BCUT2D eigenvalue weighted by molar-refractivity contribution is 7.90. The molecular weight excluding hydrogens is 394 g/mol. The molecule has 2 heterocycles. The van der Waals surface area contributed by atoms with Gasteiger partial charge in [0.25, 0.3) is 0 Å². The Morgan fingerprint density at radius 2 is 1.50 bits per heavy atom. The zero-order valence-corrected chi connectivity index (χ0v) is 16.5. The highest BCUT2D eigenvalue weighted by atomic mass is 35.5. The van der Waals surface area contributed by atoms with Gasteiger partial charge in [-0.2, -0.15) is 0 Å². The lowest BCUT2D eigenvalue weighted by molar-refractivity contribution is 0.602. The molecule has 0 aliphatic heterocycles. The largest absolute Gasteiger partial charge is 0.299 e. The van der Waals surface area contributed by atoms with E-state index in [0.717, 1.165) is 28.3 Å². The lowest BCUT2D eigenvalue weighted by Gasteiger charge is -2.09. The van der Waals surface area contributed by atoms with Crippen molar-refractivity contribution < 1.29 is 8.42 Å². The molecule has 0 radical (unpaired) electrons. The molecule has 7 heteroatoms. The molecule has 4 aromatic rings. The lowest BCUT2D eigenvalue weighted by Crippen LogP contribution is -1.99. The third kappa shape index (κ3) is 3.69. The molecule has 140 valence electrons. The van der Waals surface area contributed by atoms with E-state index in [1.54, 1.807) is 36.7 Å². The Hall–Kier alpha value is -2.96. The summed E-state index contributed by atoms with van der Waals surface area (Å²) in [6.07, 6.45) is 6.56. The first-order valence-corrected chi connectivity index (χ1v) is 10.7. The Morgan fingerprint density at radius 3 is 2.11 bits per heavy atom. The first-order chi connectivity index (χ1) is 13.4. The van der Waals surface area contributed by atoms with Crippen molar-refractivity contribution in [2.45, 2.75) is 4.90 Å². The van der Waals surface area contributed by atoms with E-state index in [0.29, 0.717) is 5.02 Å². The zero-order valence-electron chi connectivity index (χ0n) is 14.9. The number of imidazole rings is 1. The summed E-state index contributed by atoms with van der Waals surface area (Å²) in [4.78, 5) is 9.13. The Balaban J connectivity index is 1.87. The summed E-state index contributed by atoms with van der Waals surface area (Å²) in [5.41, 5.74) is 3.44. The summed E-state index contributed by atoms with van der Waals surface area (Å²) in [7, 11) is -3.25. The first kappa shape index (κ1) is 18.4. The van der Waals surface area contributed by atoms with E-state index in [1.165, 1.54) is 6.26 Å². The number of pyridine rings is 1. The van der Waals surface area contributed by atoms with Gasteiger partial charge >= 0.3 is 0 Å². The molecule has 2 aromatic heterocycles. The van der Waals surface area contributed by atoms with Crippen LogP contribution in [0.25, 0.3) is 28.3 Å². The number of rotatable bonds is 4. The molecule has 0 fully saturated rings. The highest BCUT2D eigenvalue weighted by Gasteiger charge is 2.14. The monoisotopic (exact) mass is 409 g/mol. The van der Waals surface area contributed by atoms with Gasteiger partial charge in [-0.25, -0.2) is 13.4 Å². The molecule has 0 aliphatic rings. The van der Waals surface area contributed by atoms with Gasteiger partial charge < -0.3 is 0 Å². The molecular formula is C21H16ClN3O2S. The summed E-state index contributed by atoms with van der Waals surface area (Å²) >= 11 is 6.03. The molecule has 0 unspecified atom stereocenters. The van der Waals surface area contributed by atoms with E-state index >= 15 is 0 Å². The van der Waals surface area contributed by atoms with Gasteiger partial charge in [-0.15, -0.1) is 0 Å². The average Bonchev–Trinajstić information content (AvgIpc) is 3.14. The first-order valence-electron chi connectivity index (χ1n) is 8.48. The Morgan fingerprint density at radius 1 is 0.857 bits per heavy atom. The summed E-state index contributed by atoms with van der Waals surface area (Å²) < 4.78 is 25.4. The molecule has 0 aliphatic carbocycles. The number of hydrogen-bond donors (Lipinski definition) is 0. The van der Waals surface area contributed by atoms with Gasteiger partial charge in [0.1, 0.15) is 5.82 Å². The fourth-order valence-corrected chi connectivity index (χ4v) is 3.65. The van der Waals surface area contributed by atoms with Crippen molar-refractivity contribution in [1.29, 1.82) is 0 Å². The molecule has 28 heavy (non-hydrogen) atoms. The second-order valence-corrected chi connectivity index (χ2v) is 8.78. The minimum atomic E-state index is -3.25.